The summed E-state index contributed by atoms with van der Waals surface area (Å²) in [6.45, 7) is 4.35. The number of nitrogens with zero attached hydrogens (tertiary/aromatic N) is 2. The number of aryl methyl sites for hydroxylation is 1. The number of carbonyl (C=O) groups excluding carboxylic acids is 3. The summed E-state index contributed by atoms with van der Waals surface area (Å²) in [5, 5.41) is 20.4. The van der Waals surface area contributed by atoms with Crippen molar-refractivity contribution >= 4 is 47.4 Å². The lowest BCUT2D eigenvalue weighted by Gasteiger charge is -2.28. The summed E-state index contributed by atoms with van der Waals surface area (Å²) in [5.74, 6) is 0.360. The fourth-order valence-electron chi connectivity index (χ4n) is 6.70. The van der Waals surface area contributed by atoms with Crippen molar-refractivity contribution in [2.45, 2.75) is 57.5 Å². The number of aromatic nitrogens is 3. The number of anilines is 1. The van der Waals surface area contributed by atoms with E-state index < -0.39 is 6.04 Å². The van der Waals surface area contributed by atoms with Crippen LogP contribution in [0, 0.1) is 18.8 Å². The molecule has 13 heteroatoms. The van der Waals surface area contributed by atoms with Crippen molar-refractivity contribution in [3.63, 3.8) is 0 Å². The summed E-state index contributed by atoms with van der Waals surface area (Å²) in [7, 11) is 0. The molecule has 0 bridgehead atoms. The zero-order valence-corrected chi connectivity index (χ0v) is 29.6. The van der Waals surface area contributed by atoms with Gasteiger partial charge in [0.2, 0.25) is 17.1 Å². The maximum absolute atomic E-state index is 13.7. The molecule has 1 saturated heterocycles. The van der Waals surface area contributed by atoms with E-state index in [0.29, 0.717) is 36.0 Å². The highest BCUT2D eigenvalue weighted by molar-refractivity contribution is 6.28. The number of hydrogen-bond acceptors (Lipinski definition) is 7. The molecule has 3 aromatic carbocycles. The molecule has 1 aromatic heterocycles. The minimum Gasteiger partial charge on any atom is -0.348 e. The van der Waals surface area contributed by atoms with Gasteiger partial charge in [-0.25, -0.2) is 0 Å². The number of hydrogen-bond donors (Lipinski definition) is 6. The number of amides is 3. The van der Waals surface area contributed by atoms with Crippen molar-refractivity contribution in [3.05, 3.63) is 88.7 Å². The second kappa shape index (κ2) is 17.1. The third-order valence-corrected chi connectivity index (χ3v) is 9.83. The van der Waals surface area contributed by atoms with Crippen LogP contribution in [-0.4, -0.2) is 64.6 Å². The zero-order valence-electron chi connectivity index (χ0n) is 28.0. The number of H-pyrrole nitrogens is 1. The lowest BCUT2D eigenvalue weighted by atomic mass is 9.81. The first-order valence-corrected chi connectivity index (χ1v) is 17.3. The average molecular weight is 720 g/mol. The molecule has 3 amide bonds. The fraction of sp³-hybridized carbons (Fsp3) is 0.378. The van der Waals surface area contributed by atoms with Gasteiger partial charge in [-0.15, -0.1) is 22.6 Å². The highest BCUT2D eigenvalue weighted by atomic mass is 35.5. The Morgan fingerprint density at radius 1 is 0.940 bits per heavy atom. The SMILES string of the molecule is Cc1cc(C(=O)N[C@H]2CCNC2)ccc1-c1ccc(C[C@H](NC(=O)[C@H]2CC[C@H](CN)CC2)C(=O)Nc2ccc(-c3nnc(Cl)[nH]3)cc2)cc1.Cl. The molecule has 11 nitrogen and oxygen atoms in total. The lowest BCUT2D eigenvalue weighted by Crippen LogP contribution is -2.48. The second-order valence-corrected chi connectivity index (χ2v) is 13.5. The fourth-order valence-corrected chi connectivity index (χ4v) is 6.83. The predicted molar refractivity (Wildman–Crippen MR) is 198 cm³/mol. The Hall–Kier alpha value is -4.29. The molecular weight excluding hydrogens is 675 g/mol. The van der Waals surface area contributed by atoms with E-state index in [9.17, 15) is 14.4 Å². The van der Waals surface area contributed by atoms with Gasteiger partial charge in [-0.3, -0.25) is 14.4 Å². The zero-order chi connectivity index (χ0) is 34.3. The largest absolute Gasteiger partial charge is 0.348 e. The van der Waals surface area contributed by atoms with E-state index in [-0.39, 0.29) is 47.4 Å². The van der Waals surface area contributed by atoms with Gasteiger partial charge < -0.3 is 32.0 Å². The van der Waals surface area contributed by atoms with Gasteiger partial charge >= 0.3 is 0 Å². The summed E-state index contributed by atoms with van der Waals surface area (Å²) < 4.78 is 0. The van der Waals surface area contributed by atoms with Crippen LogP contribution in [0.4, 0.5) is 5.69 Å². The van der Waals surface area contributed by atoms with Gasteiger partial charge in [0.1, 0.15) is 6.04 Å². The van der Waals surface area contributed by atoms with Crippen LogP contribution in [-0.2, 0) is 16.0 Å². The maximum Gasteiger partial charge on any atom is 0.251 e. The smallest absolute Gasteiger partial charge is 0.251 e. The molecule has 2 atom stereocenters. The van der Waals surface area contributed by atoms with E-state index in [1.807, 2.05) is 61.5 Å². The molecule has 1 aliphatic carbocycles. The van der Waals surface area contributed by atoms with Crippen LogP contribution >= 0.6 is 24.0 Å². The highest BCUT2D eigenvalue weighted by Crippen LogP contribution is 2.29. The van der Waals surface area contributed by atoms with Crippen LogP contribution in [0.3, 0.4) is 0 Å². The number of aromatic amines is 1. The van der Waals surface area contributed by atoms with E-state index in [0.717, 1.165) is 73.0 Å². The summed E-state index contributed by atoms with van der Waals surface area (Å²) >= 11 is 5.87. The van der Waals surface area contributed by atoms with Crippen LogP contribution < -0.4 is 27.0 Å². The lowest BCUT2D eigenvalue weighted by molar-refractivity contribution is -0.130. The highest BCUT2D eigenvalue weighted by Gasteiger charge is 2.29. The van der Waals surface area contributed by atoms with Crippen LogP contribution in [0.5, 0.6) is 0 Å². The summed E-state index contributed by atoms with van der Waals surface area (Å²) in [5.41, 5.74) is 11.8. The minimum absolute atomic E-state index is 0. The molecule has 7 N–H and O–H groups in total. The number of nitrogens with two attached hydrogens (primary N) is 1. The van der Waals surface area contributed by atoms with Crippen molar-refractivity contribution in [1.82, 2.24) is 31.1 Å². The summed E-state index contributed by atoms with van der Waals surface area (Å²) in [4.78, 5) is 42.8. The molecule has 0 spiro atoms. The number of rotatable bonds is 11. The third-order valence-electron chi connectivity index (χ3n) is 9.66. The van der Waals surface area contributed by atoms with Crippen LogP contribution in [0.1, 0.15) is 53.6 Å². The quantitative estimate of drug-likeness (QED) is 0.126. The molecule has 264 valence electrons. The molecular formula is C37H44Cl2N8O3. The standard InChI is InChI=1S/C37H43ClN8O3.ClH/c1-22-18-28(35(48)42-30-16-17-40-21-30)12-15-31(22)25-6-2-23(3-7-25)19-32(43-34(47)27-8-4-24(20-39)5-9-27)36(49)41-29-13-10-26(11-14-29)33-44-37(38)46-45-33;/h2-3,6-7,10-15,18,24,27,30,32,40H,4-5,8-9,16-17,19-21,39H2,1H3,(H,41,49)(H,42,48)(H,43,47)(H,44,45,46);1H/t24-,27-,30-,32-;/m0./s1. The van der Waals surface area contributed by atoms with E-state index in [4.69, 9.17) is 17.3 Å². The Balaban J connectivity index is 0.00000486. The Bertz CT molecular complexity index is 1770. The van der Waals surface area contributed by atoms with E-state index >= 15 is 0 Å². The number of halogens is 2. The Kier molecular flexibility index (Phi) is 12.6. The van der Waals surface area contributed by atoms with Crippen LogP contribution in [0.25, 0.3) is 22.5 Å². The van der Waals surface area contributed by atoms with Gasteiger partial charge in [0.15, 0.2) is 5.82 Å². The van der Waals surface area contributed by atoms with E-state index in [1.54, 1.807) is 12.1 Å². The first-order valence-electron chi connectivity index (χ1n) is 17.0. The van der Waals surface area contributed by atoms with Gasteiger partial charge in [-0.1, -0.05) is 30.3 Å². The van der Waals surface area contributed by atoms with Crippen LogP contribution in [0.15, 0.2) is 66.7 Å². The van der Waals surface area contributed by atoms with Crippen molar-refractivity contribution in [3.8, 4) is 22.5 Å². The maximum atomic E-state index is 13.7. The summed E-state index contributed by atoms with van der Waals surface area (Å²) in [6.07, 6.45) is 4.62. The second-order valence-electron chi connectivity index (χ2n) is 13.1. The molecule has 1 aliphatic heterocycles. The number of benzene rings is 3. The molecule has 2 aliphatic rings. The molecule has 4 aromatic rings. The first-order chi connectivity index (χ1) is 23.7. The van der Waals surface area contributed by atoms with E-state index in [1.165, 1.54) is 0 Å². The molecule has 50 heavy (non-hydrogen) atoms. The van der Waals surface area contributed by atoms with Crippen molar-refractivity contribution in [2.24, 2.45) is 17.6 Å². The number of nitrogens with one attached hydrogen (secondary N) is 5. The van der Waals surface area contributed by atoms with Crippen molar-refractivity contribution < 1.29 is 14.4 Å². The van der Waals surface area contributed by atoms with Crippen LogP contribution in [0.2, 0.25) is 5.28 Å². The molecule has 6 rings (SSSR count). The monoisotopic (exact) mass is 718 g/mol. The Labute approximate surface area is 303 Å². The number of carbonyl (C=O) groups is 3. The van der Waals surface area contributed by atoms with Gasteiger partial charge in [0.05, 0.1) is 0 Å². The van der Waals surface area contributed by atoms with Crippen molar-refractivity contribution in [2.75, 3.05) is 25.0 Å². The molecule has 2 fully saturated rings. The van der Waals surface area contributed by atoms with Crippen molar-refractivity contribution in [1.29, 1.82) is 0 Å². The third kappa shape index (κ3) is 9.28. The normalized spacial score (nSPS) is 19.2. The Morgan fingerprint density at radius 3 is 2.28 bits per heavy atom. The predicted octanol–water partition coefficient (Wildman–Crippen LogP) is 5.05. The molecule has 0 unspecified atom stereocenters. The molecule has 1 saturated carbocycles. The van der Waals surface area contributed by atoms with Gasteiger partial charge in [0, 0.05) is 41.7 Å². The first kappa shape index (κ1) is 37.0. The average Bonchev–Trinajstić information content (AvgIpc) is 3.80. The molecule has 2 heterocycles. The minimum atomic E-state index is -0.784. The molecule has 0 radical (unpaired) electrons. The van der Waals surface area contributed by atoms with Gasteiger partial charge in [-0.05, 0) is 128 Å². The Morgan fingerprint density at radius 2 is 1.66 bits per heavy atom. The van der Waals surface area contributed by atoms with E-state index in [2.05, 4.69) is 36.4 Å². The summed E-state index contributed by atoms with van der Waals surface area (Å²) in [6, 6.07) is 20.3. The van der Waals surface area contributed by atoms with Gasteiger partial charge in [0.25, 0.3) is 5.91 Å². The van der Waals surface area contributed by atoms with Gasteiger partial charge in [-0.2, -0.15) is 0 Å². The topological polar surface area (TPSA) is 167 Å².